The van der Waals surface area contributed by atoms with Crippen LogP contribution in [0.5, 0.6) is 0 Å². The molecule has 6 nitrogen and oxygen atoms in total. The lowest BCUT2D eigenvalue weighted by atomic mass is 9.94. The van der Waals surface area contributed by atoms with E-state index >= 15 is 0 Å². The molecule has 0 aromatic carbocycles. The van der Waals surface area contributed by atoms with E-state index in [1.54, 1.807) is 0 Å². The Hall–Kier alpha value is 0.0949. The Morgan fingerprint density at radius 1 is 1.64 bits per heavy atom. The van der Waals surface area contributed by atoms with E-state index in [0.29, 0.717) is 13.0 Å². The predicted octanol–water partition coefficient (Wildman–Crippen LogP) is -1.39. The Morgan fingerprint density at radius 3 is 2.79 bits per heavy atom. The molecule has 0 amide bonds. The first-order valence-corrected chi connectivity index (χ1v) is 5.93. The molecule has 2 saturated heterocycles. The molecule has 2 N–H and O–H groups in total. The fourth-order valence-corrected chi connectivity index (χ4v) is 2.34. The average molecular weight is 222 g/mol. The summed E-state index contributed by atoms with van der Waals surface area (Å²) in [6, 6.07) is -0.0240. The first-order valence-electron chi connectivity index (χ1n) is 4.40. The minimum Gasteiger partial charge on any atom is -0.373 e. The third-order valence-electron chi connectivity index (χ3n) is 2.59. The smallest absolute Gasteiger partial charge is 0.373 e. The van der Waals surface area contributed by atoms with E-state index in [0.717, 1.165) is 0 Å². The number of hydrogen-bond donors (Lipinski definition) is 2. The zero-order valence-corrected chi connectivity index (χ0v) is 8.65. The van der Waals surface area contributed by atoms with Gasteiger partial charge in [0.2, 0.25) is 0 Å². The molecule has 2 aliphatic heterocycles. The van der Waals surface area contributed by atoms with Gasteiger partial charge in [0.1, 0.15) is 13.4 Å². The normalized spacial score (nSPS) is 41.9. The van der Waals surface area contributed by atoms with Crippen LogP contribution in [0.2, 0.25) is 0 Å². The number of ether oxygens (including phenoxy) is 2. The fourth-order valence-electron chi connectivity index (χ4n) is 1.93. The highest BCUT2D eigenvalue weighted by atomic mass is 31.2. The Bertz CT molecular complexity index is 275. The van der Waals surface area contributed by atoms with Crippen molar-refractivity contribution >= 4 is 15.7 Å². The quantitative estimate of drug-likeness (QED) is 0.451. The topological polar surface area (TPSA) is 85.2 Å². The maximum absolute atomic E-state index is 10.5. The average Bonchev–Trinajstić information content (AvgIpc) is 2.57. The van der Waals surface area contributed by atoms with Crippen LogP contribution in [0.15, 0.2) is 0 Å². The molecule has 0 aliphatic carbocycles. The standard InChI is InChI=1S/C6H12BO6P/c7-5-4-1-6(13-5,2-11-4)3-12-14(8,9)10/h4-5H,1-3,7H2,(H2,8,9,10)/t4?,5-,6-/m1/s1. The monoisotopic (exact) mass is 222 g/mol. The van der Waals surface area contributed by atoms with Gasteiger partial charge in [-0.05, 0) is 0 Å². The van der Waals surface area contributed by atoms with Gasteiger partial charge >= 0.3 is 7.82 Å². The van der Waals surface area contributed by atoms with Gasteiger partial charge in [0.15, 0.2) is 0 Å². The van der Waals surface area contributed by atoms with Crippen LogP contribution >= 0.6 is 7.82 Å². The molecule has 80 valence electrons. The highest BCUT2D eigenvalue weighted by Crippen LogP contribution is 2.43. The predicted molar refractivity (Wildman–Crippen MR) is 48.5 cm³/mol. The van der Waals surface area contributed by atoms with Crippen LogP contribution in [-0.2, 0) is 18.6 Å². The summed E-state index contributed by atoms with van der Waals surface area (Å²) in [5.74, 6) is 0. The zero-order chi connectivity index (χ0) is 10.4. The second-order valence-corrected chi connectivity index (χ2v) is 5.06. The minimum atomic E-state index is -4.41. The van der Waals surface area contributed by atoms with E-state index in [2.05, 4.69) is 4.52 Å². The Kier molecular flexibility index (Phi) is 2.50. The fraction of sp³-hybridized carbons (Fsp3) is 1.00. The van der Waals surface area contributed by atoms with Crippen LogP contribution in [0, 0.1) is 0 Å². The molecule has 0 saturated carbocycles. The third kappa shape index (κ3) is 2.03. The van der Waals surface area contributed by atoms with Gasteiger partial charge in [-0.1, -0.05) is 0 Å². The number of hydrogen-bond acceptors (Lipinski definition) is 4. The molecule has 2 bridgehead atoms. The Balaban J connectivity index is 1.95. The number of fused-ring (bicyclic) bond motifs is 2. The summed E-state index contributed by atoms with van der Waals surface area (Å²) < 4.78 is 25.9. The molecule has 0 aromatic heterocycles. The number of rotatable bonds is 3. The van der Waals surface area contributed by atoms with Crippen molar-refractivity contribution < 1.29 is 28.3 Å². The van der Waals surface area contributed by atoms with Gasteiger partial charge in [0.25, 0.3) is 0 Å². The molecule has 0 radical (unpaired) electrons. The van der Waals surface area contributed by atoms with E-state index in [1.807, 2.05) is 7.85 Å². The van der Waals surface area contributed by atoms with Crippen molar-refractivity contribution in [2.45, 2.75) is 24.1 Å². The highest BCUT2D eigenvalue weighted by Gasteiger charge is 2.52. The minimum absolute atomic E-state index is 0.0240. The van der Waals surface area contributed by atoms with Crippen LogP contribution < -0.4 is 0 Å². The van der Waals surface area contributed by atoms with Gasteiger partial charge in [-0.3, -0.25) is 4.52 Å². The highest BCUT2D eigenvalue weighted by molar-refractivity contribution is 7.46. The van der Waals surface area contributed by atoms with E-state index in [-0.39, 0.29) is 18.7 Å². The van der Waals surface area contributed by atoms with Crippen molar-refractivity contribution in [3.05, 3.63) is 0 Å². The molecule has 2 heterocycles. The first-order chi connectivity index (χ1) is 6.40. The summed E-state index contributed by atoms with van der Waals surface area (Å²) >= 11 is 0. The molecule has 2 fully saturated rings. The molecule has 8 heteroatoms. The van der Waals surface area contributed by atoms with E-state index < -0.39 is 13.4 Å². The van der Waals surface area contributed by atoms with Gasteiger partial charge in [0.05, 0.1) is 25.3 Å². The summed E-state index contributed by atoms with van der Waals surface area (Å²) in [4.78, 5) is 17.1. The van der Waals surface area contributed by atoms with Gasteiger partial charge in [-0.15, -0.1) is 0 Å². The lowest BCUT2D eigenvalue weighted by Crippen LogP contribution is -2.40. The van der Waals surface area contributed by atoms with Crippen LogP contribution in [-0.4, -0.2) is 48.6 Å². The van der Waals surface area contributed by atoms with Crippen LogP contribution in [0.4, 0.5) is 0 Å². The SMILES string of the molecule is B[C@@H]1O[C@@]2(COP(=O)(O)O)COC1C2. The summed E-state index contributed by atoms with van der Waals surface area (Å²) in [6.45, 7) is 0.236. The van der Waals surface area contributed by atoms with Gasteiger partial charge in [0, 0.05) is 6.42 Å². The van der Waals surface area contributed by atoms with Crippen molar-refractivity contribution in [2.24, 2.45) is 0 Å². The maximum atomic E-state index is 10.5. The molecular formula is C6H12BO6P. The summed E-state index contributed by atoms with van der Waals surface area (Å²) in [6.07, 6.45) is 0.684. The number of phosphoric ester groups is 1. The second kappa shape index (κ2) is 3.30. The Labute approximate surface area is 82.2 Å². The molecule has 0 aromatic rings. The summed E-state index contributed by atoms with van der Waals surface area (Å²) in [5, 5.41) is 0. The first kappa shape index (κ1) is 10.6. The van der Waals surface area contributed by atoms with Crippen LogP contribution in [0.3, 0.4) is 0 Å². The van der Waals surface area contributed by atoms with E-state index in [9.17, 15) is 4.57 Å². The number of phosphoric acid groups is 1. The largest absolute Gasteiger partial charge is 0.469 e. The van der Waals surface area contributed by atoms with Crippen molar-refractivity contribution in [3.8, 4) is 0 Å². The van der Waals surface area contributed by atoms with Gasteiger partial charge < -0.3 is 19.3 Å². The van der Waals surface area contributed by atoms with Gasteiger partial charge in [-0.25, -0.2) is 4.57 Å². The van der Waals surface area contributed by atoms with Gasteiger partial charge in [-0.2, -0.15) is 0 Å². The zero-order valence-electron chi connectivity index (χ0n) is 7.75. The lowest BCUT2D eigenvalue weighted by Gasteiger charge is -2.28. The molecule has 2 rings (SSSR count). The summed E-state index contributed by atoms with van der Waals surface area (Å²) in [7, 11) is -2.53. The molecule has 3 atom stereocenters. The van der Waals surface area contributed by atoms with Crippen LogP contribution in [0.1, 0.15) is 6.42 Å². The van der Waals surface area contributed by atoms with E-state index in [4.69, 9.17) is 19.3 Å². The second-order valence-electron chi connectivity index (χ2n) is 3.82. The van der Waals surface area contributed by atoms with Crippen LogP contribution in [0.25, 0.3) is 0 Å². The lowest BCUT2D eigenvalue weighted by molar-refractivity contribution is -0.128. The third-order valence-corrected chi connectivity index (χ3v) is 3.05. The van der Waals surface area contributed by atoms with E-state index in [1.165, 1.54) is 0 Å². The molecule has 14 heavy (non-hydrogen) atoms. The maximum Gasteiger partial charge on any atom is 0.469 e. The van der Waals surface area contributed by atoms with Crippen molar-refractivity contribution in [2.75, 3.05) is 13.2 Å². The van der Waals surface area contributed by atoms with Crippen molar-refractivity contribution in [1.29, 1.82) is 0 Å². The molecule has 2 aliphatic rings. The van der Waals surface area contributed by atoms with Crippen molar-refractivity contribution in [1.82, 2.24) is 0 Å². The molecular weight excluding hydrogens is 210 g/mol. The molecule has 0 spiro atoms. The molecule has 1 unspecified atom stereocenters. The van der Waals surface area contributed by atoms with Crippen molar-refractivity contribution in [3.63, 3.8) is 0 Å². The summed E-state index contributed by atoms with van der Waals surface area (Å²) in [5.41, 5.74) is -0.648. The Morgan fingerprint density at radius 2 is 2.36 bits per heavy atom.